The van der Waals surface area contributed by atoms with Crippen LogP contribution >= 0.6 is 11.5 Å². The van der Waals surface area contributed by atoms with Crippen molar-refractivity contribution in [2.24, 2.45) is 12.1 Å². The Bertz CT molecular complexity index is 1250. The molecule has 1 aliphatic rings. The summed E-state index contributed by atoms with van der Waals surface area (Å²) in [6.45, 7) is 1.81. The lowest BCUT2D eigenvalue weighted by Gasteiger charge is -2.40. The fraction of sp³-hybridized carbons (Fsp3) is 0.286. The molecule has 0 spiro atoms. The Labute approximate surface area is 187 Å². The van der Waals surface area contributed by atoms with Crippen LogP contribution in [-0.4, -0.2) is 39.5 Å². The molecule has 0 N–H and O–H groups in total. The highest BCUT2D eigenvalue weighted by Gasteiger charge is 2.47. The molecule has 4 rings (SSSR count). The highest BCUT2D eigenvalue weighted by molar-refractivity contribution is 7.10. The third kappa shape index (κ3) is 3.49. The number of nitro groups is 1. The first kappa shape index (κ1) is 21.8. The topological polar surface area (TPSA) is 112 Å². The van der Waals surface area contributed by atoms with Crippen molar-refractivity contribution in [3.63, 3.8) is 0 Å². The minimum Gasteiger partial charge on any atom is -0.372 e. The van der Waals surface area contributed by atoms with Crippen LogP contribution in [0.5, 0.6) is 0 Å². The van der Waals surface area contributed by atoms with Gasteiger partial charge in [-0.1, -0.05) is 24.3 Å². The molecule has 0 amide bonds. The van der Waals surface area contributed by atoms with Crippen molar-refractivity contribution >= 4 is 28.1 Å². The van der Waals surface area contributed by atoms with Crippen LogP contribution < -0.4 is 10.7 Å². The molecule has 0 saturated carbocycles. The van der Waals surface area contributed by atoms with Gasteiger partial charge in [0.1, 0.15) is 6.10 Å². The molecular weight excluding hydrogens is 434 g/mol. The third-order valence-electron chi connectivity index (χ3n) is 5.47. The number of hydrogen-bond donors (Lipinski definition) is 0. The van der Waals surface area contributed by atoms with Gasteiger partial charge in [-0.3, -0.25) is 10.1 Å². The van der Waals surface area contributed by atoms with Crippen LogP contribution in [0.1, 0.15) is 29.7 Å². The summed E-state index contributed by atoms with van der Waals surface area (Å²) in [6.07, 6.45) is -0.590. The van der Waals surface area contributed by atoms with Crippen molar-refractivity contribution < 1.29 is 14.4 Å². The van der Waals surface area contributed by atoms with Gasteiger partial charge in [0.2, 0.25) is 5.13 Å². The summed E-state index contributed by atoms with van der Waals surface area (Å²) in [4.78, 5) is 26.9. The summed E-state index contributed by atoms with van der Waals surface area (Å²) in [5, 5.41) is 17.9. The molecule has 1 aromatic heterocycles. The maximum Gasteiger partial charge on any atom is 0.359 e. The van der Waals surface area contributed by atoms with Crippen LogP contribution in [0.15, 0.2) is 58.4 Å². The minimum atomic E-state index is -1.15. The fourth-order valence-electron chi connectivity index (χ4n) is 3.74. The summed E-state index contributed by atoms with van der Waals surface area (Å²) in [5.41, 5.74) is 1.23. The zero-order valence-electron chi connectivity index (χ0n) is 17.9. The van der Waals surface area contributed by atoms with Gasteiger partial charge in [-0.05, 0) is 36.2 Å². The first-order valence-corrected chi connectivity index (χ1v) is 10.4. The molecule has 0 bridgehead atoms. The summed E-state index contributed by atoms with van der Waals surface area (Å²) >= 11 is 1.13. The molecule has 166 valence electrons. The van der Waals surface area contributed by atoms with Gasteiger partial charge >= 0.3 is 5.69 Å². The summed E-state index contributed by atoms with van der Waals surface area (Å²) < 4.78 is 13.2. The molecule has 2 atom stereocenters. The van der Waals surface area contributed by atoms with Gasteiger partial charge in [-0.15, -0.1) is 0 Å². The lowest BCUT2D eigenvalue weighted by Crippen LogP contribution is -2.50. The number of nitro benzene ring substituents is 1. The first-order chi connectivity index (χ1) is 15.3. The van der Waals surface area contributed by atoms with Gasteiger partial charge in [-0.25, -0.2) is 13.8 Å². The van der Waals surface area contributed by atoms with E-state index in [1.807, 2.05) is 31.2 Å². The number of aryl methyl sites for hydroxylation is 1. The van der Waals surface area contributed by atoms with Crippen LogP contribution in [0.4, 0.5) is 10.8 Å². The second-order valence-electron chi connectivity index (χ2n) is 7.29. The monoisotopic (exact) mass is 455 g/mol. The Morgan fingerprint density at radius 2 is 1.84 bits per heavy atom. The number of rotatable bonds is 5. The average molecular weight is 455 g/mol. The van der Waals surface area contributed by atoms with Gasteiger partial charge in [0, 0.05) is 44.5 Å². The Kier molecular flexibility index (Phi) is 5.63. The van der Waals surface area contributed by atoms with E-state index in [0.717, 1.165) is 22.7 Å². The minimum absolute atomic E-state index is 0.0208. The molecule has 2 heterocycles. The van der Waals surface area contributed by atoms with Gasteiger partial charge in [0.25, 0.3) is 5.69 Å². The molecule has 0 saturated heterocycles. The molecule has 32 heavy (non-hydrogen) atoms. The molecule has 0 fully saturated rings. The normalized spacial score (nSPS) is 20.4. The van der Waals surface area contributed by atoms with E-state index in [2.05, 4.69) is 4.98 Å². The highest BCUT2D eigenvalue weighted by atomic mass is 32.1. The van der Waals surface area contributed by atoms with Crippen molar-refractivity contribution in [3.05, 3.63) is 85.8 Å². The van der Waals surface area contributed by atoms with Crippen molar-refractivity contribution in [2.75, 3.05) is 19.2 Å². The Morgan fingerprint density at radius 1 is 1.16 bits per heavy atom. The van der Waals surface area contributed by atoms with E-state index < -0.39 is 22.4 Å². The second-order valence-corrected chi connectivity index (χ2v) is 8.39. The lowest BCUT2D eigenvalue weighted by atomic mass is 9.91. The molecule has 11 heteroatoms. The first-order valence-electron chi connectivity index (χ1n) is 9.65. The van der Waals surface area contributed by atoms with Crippen molar-refractivity contribution in [3.8, 4) is 0 Å². The molecule has 3 aromatic rings. The predicted molar refractivity (Wildman–Crippen MR) is 120 cm³/mol. The van der Waals surface area contributed by atoms with Crippen LogP contribution in [0, 0.1) is 10.1 Å². The zero-order chi connectivity index (χ0) is 23.0. The Balaban J connectivity index is 2.01. The van der Waals surface area contributed by atoms with Crippen LogP contribution in [0.2, 0.25) is 0 Å². The van der Waals surface area contributed by atoms with Gasteiger partial charge in [0.05, 0.1) is 10.6 Å². The van der Waals surface area contributed by atoms with Crippen molar-refractivity contribution in [2.45, 2.75) is 18.8 Å². The molecule has 2 aromatic carbocycles. The maximum atomic E-state index is 12.1. The number of fused-ring (bicyclic) bond motifs is 1. The van der Waals surface area contributed by atoms with E-state index in [0.29, 0.717) is 16.4 Å². The smallest absolute Gasteiger partial charge is 0.359 e. The number of hydrazone groups is 1. The molecule has 0 aliphatic carbocycles. The number of anilines is 1. The predicted octanol–water partition coefficient (Wildman–Crippen LogP) is 3.07. The van der Waals surface area contributed by atoms with E-state index in [4.69, 9.17) is 14.6 Å². The van der Waals surface area contributed by atoms with Crippen LogP contribution in [-0.2, 0) is 16.5 Å². The number of ether oxygens (including phenoxy) is 2. The largest absolute Gasteiger partial charge is 0.372 e. The standard InChI is InChI=1S/C21H21N5O5S/c1-21(31-4)18(30-3)16-8-6-5-7-15(16)17(13-9-11-14(12-10-13)26(28)29)23-25(21)20-22-19(27)24(2)32-20/h5-12,18H,1-4H3. The molecule has 10 nitrogen and oxygen atoms in total. The number of hydrogen-bond acceptors (Lipinski definition) is 9. The molecule has 2 unspecified atom stereocenters. The number of methoxy groups -OCH3 is 2. The van der Waals surface area contributed by atoms with Gasteiger partial charge in [-0.2, -0.15) is 10.1 Å². The van der Waals surface area contributed by atoms with Gasteiger partial charge in [0.15, 0.2) is 5.72 Å². The van der Waals surface area contributed by atoms with E-state index in [1.165, 1.54) is 16.1 Å². The van der Waals surface area contributed by atoms with E-state index in [9.17, 15) is 14.9 Å². The number of nitrogens with zero attached hydrogens (tertiary/aromatic N) is 5. The molecule has 1 aliphatic heterocycles. The van der Waals surface area contributed by atoms with E-state index in [-0.39, 0.29) is 5.69 Å². The van der Waals surface area contributed by atoms with Crippen LogP contribution in [0.3, 0.4) is 0 Å². The molecular formula is C21H21N5O5S. The summed E-state index contributed by atoms with van der Waals surface area (Å²) in [6, 6.07) is 13.7. The lowest BCUT2D eigenvalue weighted by molar-refractivity contribution is -0.384. The Hall–Kier alpha value is -3.41. The molecule has 0 radical (unpaired) electrons. The maximum absolute atomic E-state index is 12.1. The highest BCUT2D eigenvalue weighted by Crippen LogP contribution is 2.42. The van der Waals surface area contributed by atoms with E-state index >= 15 is 0 Å². The van der Waals surface area contributed by atoms with Gasteiger partial charge < -0.3 is 9.47 Å². The van der Waals surface area contributed by atoms with Crippen molar-refractivity contribution in [1.82, 2.24) is 8.94 Å². The fourth-order valence-corrected chi connectivity index (χ4v) is 4.52. The number of benzene rings is 2. The number of aromatic nitrogens is 2. The number of non-ortho nitro benzene ring substituents is 1. The SMILES string of the molecule is COC1c2ccccc2C(c2ccc([N+](=O)[O-])cc2)=NN(c2nc(=O)n(C)s2)C1(C)OC. The van der Waals surface area contributed by atoms with Crippen molar-refractivity contribution in [1.29, 1.82) is 0 Å². The summed E-state index contributed by atoms with van der Waals surface area (Å²) in [5.74, 6) is 0. The van der Waals surface area contributed by atoms with Crippen LogP contribution in [0.25, 0.3) is 0 Å². The Morgan fingerprint density at radius 3 is 2.41 bits per heavy atom. The zero-order valence-corrected chi connectivity index (χ0v) is 18.7. The quantitative estimate of drug-likeness (QED) is 0.429. The third-order valence-corrected chi connectivity index (χ3v) is 6.32. The summed E-state index contributed by atoms with van der Waals surface area (Å²) in [7, 11) is 4.74. The second kappa shape index (κ2) is 8.26. The average Bonchev–Trinajstić information content (AvgIpc) is 3.07. The van der Waals surface area contributed by atoms with E-state index in [1.54, 1.807) is 38.4 Å².